The van der Waals surface area contributed by atoms with Crippen molar-refractivity contribution in [1.82, 2.24) is 0 Å². The van der Waals surface area contributed by atoms with Crippen LogP contribution in [0.5, 0.6) is 17.2 Å². The monoisotopic (exact) mass is 414 g/mol. The molecule has 0 saturated heterocycles. The molecule has 0 aromatic heterocycles. The third-order valence-electron chi connectivity index (χ3n) is 3.01. The lowest BCUT2D eigenvalue weighted by molar-refractivity contribution is 0.276. The molecule has 3 nitrogen and oxygen atoms in total. The molecular formula is C16H16Br2O3. The van der Waals surface area contributed by atoms with Crippen LogP contribution in [0.4, 0.5) is 0 Å². The van der Waals surface area contributed by atoms with E-state index in [0.717, 1.165) is 26.7 Å². The highest BCUT2D eigenvalue weighted by molar-refractivity contribution is 9.10. The third-order valence-corrected chi connectivity index (χ3v) is 4.24. The highest BCUT2D eigenvalue weighted by Crippen LogP contribution is 2.38. The number of benzene rings is 2. The number of hydrogen-bond acceptors (Lipinski definition) is 3. The van der Waals surface area contributed by atoms with Crippen molar-refractivity contribution in [2.45, 2.75) is 11.9 Å². The number of halogens is 2. The highest BCUT2D eigenvalue weighted by atomic mass is 79.9. The van der Waals surface area contributed by atoms with Crippen LogP contribution < -0.4 is 14.2 Å². The Balaban J connectivity index is 2.23. The van der Waals surface area contributed by atoms with Gasteiger partial charge < -0.3 is 14.2 Å². The van der Waals surface area contributed by atoms with Crippen molar-refractivity contribution in [1.29, 1.82) is 0 Å². The standard InChI is InChI=1S/C16H16Br2O3/c1-19-14-6-4-3-5-12(14)10-21-16-13(18)7-11(9-17)8-15(16)20-2/h3-8H,9-10H2,1-2H3. The minimum absolute atomic E-state index is 0.409. The average Bonchev–Trinajstić information content (AvgIpc) is 2.53. The number of alkyl halides is 1. The summed E-state index contributed by atoms with van der Waals surface area (Å²) in [6.45, 7) is 0.409. The van der Waals surface area contributed by atoms with Crippen molar-refractivity contribution in [2.24, 2.45) is 0 Å². The summed E-state index contributed by atoms with van der Waals surface area (Å²) >= 11 is 6.97. The van der Waals surface area contributed by atoms with Gasteiger partial charge in [-0.2, -0.15) is 0 Å². The second-order valence-electron chi connectivity index (χ2n) is 4.34. The lowest BCUT2D eigenvalue weighted by Crippen LogP contribution is -2.01. The summed E-state index contributed by atoms with van der Waals surface area (Å²) in [6.07, 6.45) is 0. The highest BCUT2D eigenvalue weighted by Gasteiger charge is 2.12. The minimum atomic E-state index is 0.409. The predicted molar refractivity (Wildman–Crippen MR) is 90.7 cm³/mol. The van der Waals surface area contributed by atoms with Gasteiger partial charge in [-0.05, 0) is 39.7 Å². The number of hydrogen-bond donors (Lipinski definition) is 0. The normalized spacial score (nSPS) is 10.3. The molecule has 0 aliphatic heterocycles. The molecule has 0 spiro atoms. The summed E-state index contributed by atoms with van der Waals surface area (Å²) in [5, 5.41) is 0.759. The summed E-state index contributed by atoms with van der Waals surface area (Å²) in [5.74, 6) is 2.20. The molecule has 0 atom stereocenters. The molecule has 5 heteroatoms. The summed E-state index contributed by atoms with van der Waals surface area (Å²) in [4.78, 5) is 0. The molecule has 2 rings (SSSR count). The minimum Gasteiger partial charge on any atom is -0.496 e. The summed E-state index contributed by atoms with van der Waals surface area (Å²) in [6, 6.07) is 11.8. The Bertz CT molecular complexity index is 614. The van der Waals surface area contributed by atoms with Crippen LogP contribution in [0, 0.1) is 0 Å². The Hall–Kier alpha value is -1.20. The van der Waals surface area contributed by atoms with Gasteiger partial charge in [0.05, 0.1) is 18.7 Å². The molecule has 0 fully saturated rings. The van der Waals surface area contributed by atoms with Gasteiger partial charge in [0.15, 0.2) is 11.5 Å². The number of methoxy groups -OCH3 is 2. The van der Waals surface area contributed by atoms with Crippen molar-refractivity contribution >= 4 is 31.9 Å². The smallest absolute Gasteiger partial charge is 0.175 e. The maximum atomic E-state index is 5.92. The van der Waals surface area contributed by atoms with E-state index in [-0.39, 0.29) is 0 Å². The Morgan fingerprint density at radius 3 is 2.38 bits per heavy atom. The predicted octanol–water partition coefficient (Wildman–Crippen LogP) is 4.94. The first-order valence-corrected chi connectivity index (χ1v) is 8.28. The molecule has 0 bridgehead atoms. The molecule has 0 aliphatic carbocycles. The zero-order valence-electron chi connectivity index (χ0n) is 11.9. The fourth-order valence-electron chi connectivity index (χ4n) is 1.96. The first-order valence-electron chi connectivity index (χ1n) is 6.36. The van der Waals surface area contributed by atoms with Crippen LogP contribution in [0.25, 0.3) is 0 Å². The van der Waals surface area contributed by atoms with Crippen LogP contribution in [0.1, 0.15) is 11.1 Å². The molecule has 2 aromatic carbocycles. The van der Waals surface area contributed by atoms with Gasteiger partial charge in [-0.3, -0.25) is 0 Å². The second-order valence-corrected chi connectivity index (χ2v) is 5.76. The first-order chi connectivity index (χ1) is 10.2. The zero-order chi connectivity index (χ0) is 15.2. The average molecular weight is 416 g/mol. The van der Waals surface area contributed by atoms with E-state index in [4.69, 9.17) is 14.2 Å². The molecule has 0 radical (unpaired) electrons. The maximum Gasteiger partial charge on any atom is 0.175 e. The molecule has 0 amide bonds. The molecule has 0 unspecified atom stereocenters. The largest absolute Gasteiger partial charge is 0.496 e. The second kappa shape index (κ2) is 7.71. The van der Waals surface area contributed by atoms with Crippen LogP contribution in [0.2, 0.25) is 0 Å². The van der Waals surface area contributed by atoms with Gasteiger partial charge in [0.25, 0.3) is 0 Å². The summed E-state index contributed by atoms with van der Waals surface area (Å²) < 4.78 is 17.5. The molecule has 21 heavy (non-hydrogen) atoms. The van der Waals surface area contributed by atoms with E-state index >= 15 is 0 Å². The van der Waals surface area contributed by atoms with Crippen molar-refractivity contribution < 1.29 is 14.2 Å². The maximum absolute atomic E-state index is 5.92. The molecule has 0 aliphatic rings. The van der Waals surface area contributed by atoms with Crippen molar-refractivity contribution in [3.63, 3.8) is 0 Å². The van der Waals surface area contributed by atoms with E-state index in [1.165, 1.54) is 0 Å². The van der Waals surface area contributed by atoms with Gasteiger partial charge in [0.1, 0.15) is 12.4 Å². The van der Waals surface area contributed by atoms with Gasteiger partial charge in [0, 0.05) is 10.9 Å². The lowest BCUT2D eigenvalue weighted by atomic mass is 10.2. The van der Waals surface area contributed by atoms with Crippen LogP contribution in [0.3, 0.4) is 0 Å². The number of rotatable bonds is 6. The Kier molecular flexibility index (Phi) is 5.94. The summed E-state index contributed by atoms with van der Waals surface area (Å²) in [5.41, 5.74) is 2.10. The molecule has 112 valence electrons. The molecule has 0 heterocycles. The van der Waals surface area contributed by atoms with Crippen LogP contribution in [0.15, 0.2) is 40.9 Å². The van der Waals surface area contributed by atoms with Gasteiger partial charge in [0.2, 0.25) is 0 Å². The number of para-hydroxylation sites is 1. The Morgan fingerprint density at radius 1 is 1.00 bits per heavy atom. The van der Waals surface area contributed by atoms with E-state index in [1.54, 1.807) is 14.2 Å². The van der Waals surface area contributed by atoms with Gasteiger partial charge >= 0.3 is 0 Å². The molecular weight excluding hydrogens is 400 g/mol. The van der Waals surface area contributed by atoms with Crippen LogP contribution >= 0.6 is 31.9 Å². The Morgan fingerprint density at radius 2 is 1.71 bits per heavy atom. The lowest BCUT2D eigenvalue weighted by Gasteiger charge is -2.15. The number of ether oxygens (including phenoxy) is 3. The van der Waals surface area contributed by atoms with E-state index in [1.807, 2.05) is 36.4 Å². The van der Waals surface area contributed by atoms with Crippen molar-refractivity contribution in [2.75, 3.05) is 14.2 Å². The van der Waals surface area contributed by atoms with E-state index in [0.29, 0.717) is 18.1 Å². The summed E-state index contributed by atoms with van der Waals surface area (Å²) in [7, 11) is 3.29. The van der Waals surface area contributed by atoms with Crippen LogP contribution in [-0.2, 0) is 11.9 Å². The van der Waals surface area contributed by atoms with Gasteiger partial charge in [-0.25, -0.2) is 0 Å². The van der Waals surface area contributed by atoms with Crippen molar-refractivity contribution in [3.05, 3.63) is 52.0 Å². The molecule has 0 saturated carbocycles. The van der Waals surface area contributed by atoms with E-state index < -0.39 is 0 Å². The Labute approximate surface area is 141 Å². The topological polar surface area (TPSA) is 27.7 Å². The van der Waals surface area contributed by atoms with Crippen LogP contribution in [-0.4, -0.2) is 14.2 Å². The SMILES string of the molecule is COc1ccccc1COc1c(Br)cc(CBr)cc1OC. The van der Waals surface area contributed by atoms with Crippen molar-refractivity contribution in [3.8, 4) is 17.2 Å². The zero-order valence-corrected chi connectivity index (χ0v) is 15.0. The van der Waals surface area contributed by atoms with E-state index in [9.17, 15) is 0 Å². The molecule has 0 N–H and O–H groups in total. The third kappa shape index (κ3) is 3.92. The quantitative estimate of drug-likeness (QED) is 0.625. The van der Waals surface area contributed by atoms with E-state index in [2.05, 4.69) is 31.9 Å². The fourth-order valence-corrected chi connectivity index (χ4v) is 2.89. The van der Waals surface area contributed by atoms with Gasteiger partial charge in [-0.15, -0.1) is 0 Å². The fraction of sp³-hybridized carbons (Fsp3) is 0.250. The first kappa shape index (κ1) is 16.2. The molecule has 2 aromatic rings. The van der Waals surface area contributed by atoms with Gasteiger partial charge in [-0.1, -0.05) is 34.1 Å².